The van der Waals surface area contributed by atoms with E-state index >= 15 is 0 Å². The number of primary amides is 1. The molecule has 2 rings (SSSR count). The summed E-state index contributed by atoms with van der Waals surface area (Å²) in [5.41, 5.74) is 5.35. The number of halogens is 2. The molecule has 0 aromatic heterocycles. The highest BCUT2D eigenvalue weighted by molar-refractivity contribution is 5.90. The molecule has 1 aliphatic rings. The minimum absolute atomic E-state index is 0.0701. The minimum atomic E-state index is -0.738. The lowest BCUT2D eigenvalue weighted by Gasteiger charge is -2.34. The number of hydrogen-bond donors (Lipinski definition) is 2. The van der Waals surface area contributed by atoms with Gasteiger partial charge in [-0.25, -0.2) is 8.78 Å². The predicted molar refractivity (Wildman–Crippen MR) is 82.6 cm³/mol. The molecule has 0 unspecified atom stereocenters. The highest BCUT2D eigenvalue weighted by atomic mass is 19.1. The first-order valence-corrected chi connectivity index (χ1v) is 7.72. The summed E-state index contributed by atoms with van der Waals surface area (Å²) in [6.07, 6.45) is 3.43. The Morgan fingerprint density at radius 3 is 2.57 bits per heavy atom. The van der Waals surface area contributed by atoms with Crippen molar-refractivity contribution in [1.29, 1.82) is 0 Å². The van der Waals surface area contributed by atoms with E-state index in [0.717, 1.165) is 44.0 Å². The molecular formula is C16H21F2N3O2. The first-order chi connectivity index (χ1) is 10.9. The van der Waals surface area contributed by atoms with Gasteiger partial charge in [0.1, 0.15) is 11.6 Å². The van der Waals surface area contributed by atoms with Gasteiger partial charge in [-0.05, 0) is 31.5 Å². The van der Waals surface area contributed by atoms with Crippen LogP contribution < -0.4 is 11.1 Å². The number of likely N-dealkylation sites (tertiary alicyclic amines) is 1. The van der Waals surface area contributed by atoms with E-state index in [2.05, 4.69) is 10.2 Å². The maximum atomic E-state index is 13.1. The van der Waals surface area contributed by atoms with Gasteiger partial charge in [0.2, 0.25) is 11.8 Å². The van der Waals surface area contributed by atoms with Gasteiger partial charge in [-0.15, -0.1) is 0 Å². The molecule has 23 heavy (non-hydrogen) atoms. The number of benzene rings is 1. The lowest BCUT2D eigenvalue weighted by molar-refractivity contribution is -0.119. The summed E-state index contributed by atoms with van der Waals surface area (Å²) >= 11 is 0. The van der Waals surface area contributed by atoms with Crippen molar-refractivity contribution in [2.24, 2.45) is 5.73 Å². The van der Waals surface area contributed by atoms with E-state index in [0.29, 0.717) is 6.54 Å². The summed E-state index contributed by atoms with van der Waals surface area (Å²) in [5, 5.41) is 2.48. The SMILES string of the molecule is NC(=O)C[C@@H]1CCCCN1CCC(=O)Nc1cc(F)cc(F)c1. The first kappa shape index (κ1) is 17.3. The van der Waals surface area contributed by atoms with Crippen LogP contribution in [0.3, 0.4) is 0 Å². The summed E-state index contributed by atoms with van der Waals surface area (Å²) in [6.45, 7) is 1.31. The molecule has 1 aromatic rings. The molecule has 2 amide bonds. The lowest BCUT2D eigenvalue weighted by Crippen LogP contribution is -2.43. The molecular weight excluding hydrogens is 304 g/mol. The lowest BCUT2D eigenvalue weighted by atomic mass is 9.99. The maximum absolute atomic E-state index is 13.1. The molecule has 1 fully saturated rings. The minimum Gasteiger partial charge on any atom is -0.370 e. The Balaban J connectivity index is 1.86. The first-order valence-electron chi connectivity index (χ1n) is 7.72. The molecule has 0 spiro atoms. The Labute approximate surface area is 133 Å². The molecule has 1 aliphatic heterocycles. The van der Waals surface area contributed by atoms with Crippen LogP contribution in [0.5, 0.6) is 0 Å². The van der Waals surface area contributed by atoms with Crippen LogP contribution in [-0.2, 0) is 9.59 Å². The third kappa shape index (κ3) is 5.59. The Morgan fingerprint density at radius 2 is 1.91 bits per heavy atom. The third-order valence-electron chi connectivity index (χ3n) is 3.96. The molecule has 0 saturated carbocycles. The van der Waals surface area contributed by atoms with Crippen LogP contribution in [0.15, 0.2) is 18.2 Å². The van der Waals surface area contributed by atoms with Crippen molar-refractivity contribution in [3.63, 3.8) is 0 Å². The van der Waals surface area contributed by atoms with E-state index in [1.54, 1.807) is 0 Å². The number of nitrogens with two attached hydrogens (primary N) is 1. The van der Waals surface area contributed by atoms with Gasteiger partial charge in [-0.1, -0.05) is 6.42 Å². The molecule has 1 saturated heterocycles. The van der Waals surface area contributed by atoms with E-state index in [1.165, 1.54) is 0 Å². The van der Waals surface area contributed by atoms with Crippen LogP contribution in [0.25, 0.3) is 0 Å². The molecule has 1 heterocycles. The second-order valence-corrected chi connectivity index (χ2v) is 5.81. The second kappa shape index (κ2) is 8.01. The van der Waals surface area contributed by atoms with Crippen molar-refractivity contribution in [3.05, 3.63) is 29.8 Å². The van der Waals surface area contributed by atoms with Crippen LogP contribution in [0.2, 0.25) is 0 Å². The highest BCUT2D eigenvalue weighted by Crippen LogP contribution is 2.20. The van der Waals surface area contributed by atoms with Crippen LogP contribution >= 0.6 is 0 Å². The largest absolute Gasteiger partial charge is 0.370 e. The molecule has 0 radical (unpaired) electrons. The number of hydrogen-bond acceptors (Lipinski definition) is 3. The third-order valence-corrected chi connectivity index (χ3v) is 3.96. The van der Waals surface area contributed by atoms with Gasteiger partial charge in [-0.3, -0.25) is 14.5 Å². The number of amides is 2. The summed E-state index contributed by atoms with van der Waals surface area (Å²) in [7, 11) is 0. The number of nitrogens with one attached hydrogen (secondary N) is 1. The number of carbonyl (C=O) groups is 2. The van der Waals surface area contributed by atoms with Gasteiger partial charge < -0.3 is 11.1 Å². The molecule has 0 bridgehead atoms. The van der Waals surface area contributed by atoms with Crippen LogP contribution in [-0.4, -0.2) is 35.8 Å². The normalized spacial score (nSPS) is 18.6. The summed E-state index contributed by atoms with van der Waals surface area (Å²) in [4.78, 5) is 25.1. The zero-order valence-electron chi connectivity index (χ0n) is 12.9. The number of piperidine rings is 1. The van der Waals surface area contributed by atoms with Crippen molar-refractivity contribution in [2.45, 2.75) is 38.1 Å². The Kier molecular flexibility index (Phi) is 6.04. The second-order valence-electron chi connectivity index (χ2n) is 5.81. The predicted octanol–water partition coefficient (Wildman–Crippen LogP) is 2.02. The fourth-order valence-electron chi connectivity index (χ4n) is 2.91. The van der Waals surface area contributed by atoms with Crippen LogP contribution in [0.4, 0.5) is 14.5 Å². The number of carbonyl (C=O) groups excluding carboxylic acids is 2. The van der Waals surface area contributed by atoms with E-state index in [1.807, 2.05) is 0 Å². The zero-order chi connectivity index (χ0) is 16.8. The molecule has 1 atom stereocenters. The highest BCUT2D eigenvalue weighted by Gasteiger charge is 2.24. The molecule has 0 aliphatic carbocycles. The summed E-state index contributed by atoms with van der Waals surface area (Å²) in [6, 6.07) is 2.95. The Hall–Kier alpha value is -2.02. The van der Waals surface area contributed by atoms with Crippen LogP contribution in [0, 0.1) is 11.6 Å². The summed E-state index contributed by atoms with van der Waals surface area (Å²) < 4.78 is 26.2. The molecule has 5 nitrogen and oxygen atoms in total. The van der Waals surface area contributed by atoms with Gasteiger partial charge in [0.15, 0.2) is 0 Å². The van der Waals surface area contributed by atoms with Crippen molar-refractivity contribution >= 4 is 17.5 Å². The van der Waals surface area contributed by atoms with Crippen molar-refractivity contribution in [3.8, 4) is 0 Å². The molecule has 3 N–H and O–H groups in total. The van der Waals surface area contributed by atoms with Crippen molar-refractivity contribution in [2.75, 3.05) is 18.4 Å². The topological polar surface area (TPSA) is 75.4 Å². The Morgan fingerprint density at radius 1 is 1.22 bits per heavy atom. The average molecular weight is 325 g/mol. The molecule has 126 valence electrons. The van der Waals surface area contributed by atoms with Gasteiger partial charge >= 0.3 is 0 Å². The van der Waals surface area contributed by atoms with Crippen molar-refractivity contribution in [1.82, 2.24) is 4.90 Å². The van der Waals surface area contributed by atoms with Gasteiger partial charge in [0.05, 0.1) is 0 Å². The number of rotatable bonds is 6. The van der Waals surface area contributed by atoms with Gasteiger partial charge in [-0.2, -0.15) is 0 Å². The molecule has 1 aromatic carbocycles. The van der Waals surface area contributed by atoms with Gasteiger partial charge in [0, 0.05) is 37.2 Å². The van der Waals surface area contributed by atoms with Crippen molar-refractivity contribution < 1.29 is 18.4 Å². The monoisotopic (exact) mass is 325 g/mol. The van der Waals surface area contributed by atoms with E-state index < -0.39 is 11.6 Å². The summed E-state index contributed by atoms with van der Waals surface area (Å²) in [5.74, 6) is -2.14. The standard InChI is InChI=1S/C16H21F2N3O2/c17-11-7-12(18)9-13(8-11)20-16(23)4-6-21-5-2-1-3-14(21)10-15(19)22/h7-9,14H,1-6,10H2,(H2,19,22)(H,20,23)/t14-/m0/s1. The van der Waals surface area contributed by atoms with E-state index in [4.69, 9.17) is 5.73 Å². The average Bonchev–Trinajstić information content (AvgIpc) is 2.44. The van der Waals surface area contributed by atoms with E-state index in [9.17, 15) is 18.4 Å². The zero-order valence-corrected chi connectivity index (χ0v) is 12.9. The molecule has 7 heteroatoms. The van der Waals surface area contributed by atoms with Gasteiger partial charge in [0.25, 0.3) is 0 Å². The maximum Gasteiger partial charge on any atom is 0.225 e. The quantitative estimate of drug-likeness (QED) is 0.840. The Bertz CT molecular complexity index is 560. The smallest absolute Gasteiger partial charge is 0.225 e. The van der Waals surface area contributed by atoms with E-state index in [-0.39, 0.29) is 36.4 Å². The fourth-order valence-corrected chi connectivity index (χ4v) is 2.91. The fraction of sp³-hybridized carbons (Fsp3) is 0.500. The number of nitrogens with zero attached hydrogens (tertiary/aromatic N) is 1. The number of anilines is 1. The van der Waals surface area contributed by atoms with Crippen LogP contribution in [0.1, 0.15) is 32.1 Å².